The van der Waals surface area contributed by atoms with Crippen molar-refractivity contribution in [3.8, 4) is 0 Å². The fourth-order valence-corrected chi connectivity index (χ4v) is 1.67. The number of aromatic nitrogens is 3. The minimum atomic E-state index is 0.796. The second kappa shape index (κ2) is 7.31. The van der Waals surface area contributed by atoms with Crippen molar-refractivity contribution in [1.29, 1.82) is 0 Å². The standard InChI is InChI=1S/C14H19N5/c1-2-6-17-13-10-16-11-14(19-13)18-8-5-12-4-3-7-15-9-12/h3-4,7,9-11H,2,5-6,8H2,1H3,(H2,17,18,19). The molecule has 0 saturated heterocycles. The molecule has 0 aliphatic carbocycles. The van der Waals surface area contributed by atoms with Crippen molar-refractivity contribution < 1.29 is 0 Å². The van der Waals surface area contributed by atoms with Crippen LogP contribution < -0.4 is 10.6 Å². The van der Waals surface area contributed by atoms with Crippen LogP contribution in [0.25, 0.3) is 0 Å². The van der Waals surface area contributed by atoms with Gasteiger partial charge in [0.1, 0.15) is 11.6 Å². The molecule has 0 fully saturated rings. The summed E-state index contributed by atoms with van der Waals surface area (Å²) >= 11 is 0. The Balaban J connectivity index is 1.82. The fraction of sp³-hybridized carbons (Fsp3) is 0.357. The molecule has 5 heteroatoms. The lowest BCUT2D eigenvalue weighted by atomic mass is 10.2. The molecule has 2 heterocycles. The lowest BCUT2D eigenvalue weighted by molar-refractivity contribution is 0.956. The van der Waals surface area contributed by atoms with Crippen molar-refractivity contribution in [2.45, 2.75) is 19.8 Å². The molecule has 2 N–H and O–H groups in total. The molecule has 0 unspecified atom stereocenters. The van der Waals surface area contributed by atoms with Gasteiger partial charge in [-0.3, -0.25) is 9.97 Å². The Morgan fingerprint density at radius 1 is 1.00 bits per heavy atom. The third-order valence-electron chi connectivity index (χ3n) is 2.63. The third-order valence-corrected chi connectivity index (χ3v) is 2.63. The van der Waals surface area contributed by atoms with Crippen LogP contribution in [0, 0.1) is 0 Å². The summed E-state index contributed by atoms with van der Waals surface area (Å²) < 4.78 is 0. The second-order valence-corrected chi connectivity index (χ2v) is 4.25. The van der Waals surface area contributed by atoms with Crippen LogP contribution in [-0.4, -0.2) is 28.0 Å². The fourth-order valence-electron chi connectivity index (χ4n) is 1.67. The van der Waals surface area contributed by atoms with E-state index in [1.54, 1.807) is 18.6 Å². The molecule has 19 heavy (non-hydrogen) atoms. The molecule has 0 amide bonds. The van der Waals surface area contributed by atoms with Gasteiger partial charge in [-0.25, -0.2) is 4.98 Å². The van der Waals surface area contributed by atoms with Crippen molar-refractivity contribution in [2.75, 3.05) is 23.7 Å². The molecule has 0 aliphatic rings. The van der Waals surface area contributed by atoms with E-state index in [4.69, 9.17) is 0 Å². The first-order valence-electron chi connectivity index (χ1n) is 6.57. The molecule has 0 saturated carbocycles. The topological polar surface area (TPSA) is 62.7 Å². The average molecular weight is 257 g/mol. The van der Waals surface area contributed by atoms with Crippen LogP contribution in [0.4, 0.5) is 11.6 Å². The van der Waals surface area contributed by atoms with E-state index < -0.39 is 0 Å². The number of pyridine rings is 1. The predicted molar refractivity (Wildman–Crippen MR) is 77.2 cm³/mol. The Labute approximate surface area is 113 Å². The zero-order chi connectivity index (χ0) is 13.3. The predicted octanol–water partition coefficient (Wildman–Crippen LogP) is 2.35. The maximum Gasteiger partial charge on any atom is 0.146 e. The molecule has 2 aromatic rings. The molecule has 2 rings (SSSR count). The Bertz CT molecular complexity index is 486. The molecular formula is C14H19N5. The van der Waals surface area contributed by atoms with Crippen LogP contribution >= 0.6 is 0 Å². The van der Waals surface area contributed by atoms with Gasteiger partial charge in [0.25, 0.3) is 0 Å². The van der Waals surface area contributed by atoms with Crippen LogP contribution in [0.3, 0.4) is 0 Å². The van der Waals surface area contributed by atoms with Gasteiger partial charge in [0, 0.05) is 25.5 Å². The summed E-state index contributed by atoms with van der Waals surface area (Å²) in [6, 6.07) is 4.02. The van der Waals surface area contributed by atoms with E-state index in [1.165, 1.54) is 5.56 Å². The Morgan fingerprint density at radius 3 is 2.47 bits per heavy atom. The first kappa shape index (κ1) is 13.3. The van der Waals surface area contributed by atoms with E-state index in [0.29, 0.717) is 0 Å². The van der Waals surface area contributed by atoms with Crippen molar-refractivity contribution >= 4 is 11.6 Å². The minimum absolute atomic E-state index is 0.796. The zero-order valence-electron chi connectivity index (χ0n) is 11.1. The number of nitrogens with one attached hydrogen (secondary N) is 2. The van der Waals surface area contributed by atoms with Crippen LogP contribution in [0.1, 0.15) is 18.9 Å². The van der Waals surface area contributed by atoms with E-state index in [2.05, 4.69) is 38.6 Å². The molecule has 0 aliphatic heterocycles. The number of rotatable bonds is 7. The van der Waals surface area contributed by atoms with E-state index in [1.807, 2.05) is 12.3 Å². The summed E-state index contributed by atoms with van der Waals surface area (Å²) in [7, 11) is 0. The third kappa shape index (κ3) is 4.54. The minimum Gasteiger partial charge on any atom is -0.369 e. The molecule has 0 spiro atoms. The molecule has 0 radical (unpaired) electrons. The van der Waals surface area contributed by atoms with Gasteiger partial charge in [0.15, 0.2) is 0 Å². The highest BCUT2D eigenvalue weighted by Crippen LogP contribution is 2.07. The van der Waals surface area contributed by atoms with Crippen LogP contribution in [-0.2, 0) is 6.42 Å². The Kier molecular flexibility index (Phi) is 5.10. The largest absolute Gasteiger partial charge is 0.369 e. The van der Waals surface area contributed by atoms with Crippen LogP contribution in [0.2, 0.25) is 0 Å². The van der Waals surface area contributed by atoms with Gasteiger partial charge in [0.2, 0.25) is 0 Å². The van der Waals surface area contributed by atoms with Crippen molar-refractivity contribution in [3.05, 3.63) is 42.5 Å². The lowest BCUT2D eigenvalue weighted by Gasteiger charge is -2.07. The molecule has 100 valence electrons. The molecule has 0 aromatic carbocycles. The van der Waals surface area contributed by atoms with Crippen molar-refractivity contribution in [1.82, 2.24) is 15.0 Å². The van der Waals surface area contributed by atoms with Gasteiger partial charge in [-0.1, -0.05) is 13.0 Å². The zero-order valence-corrected chi connectivity index (χ0v) is 11.1. The highest BCUT2D eigenvalue weighted by molar-refractivity contribution is 5.41. The SMILES string of the molecule is CCCNc1cncc(NCCc2cccnc2)n1. The molecule has 0 atom stereocenters. The quantitative estimate of drug-likeness (QED) is 0.797. The Hall–Kier alpha value is -2.17. The highest BCUT2D eigenvalue weighted by Gasteiger charge is 1.98. The lowest BCUT2D eigenvalue weighted by Crippen LogP contribution is -2.09. The second-order valence-electron chi connectivity index (χ2n) is 4.25. The smallest absolute Gasteiger partial charge is 0.146 e. The summed E-state index contributed by atoms with van der Waals surface area (Å²) in [5.41, 5.74) is 1.21. The maximum atomic E-state index is 4.44. The summed E-state index contributed by atoms with van der Waals surface area (Å²) in [5.74, 6) is 1.61. The van der Waals surface area contributed by atoms with E-state index in [-0.39, 0.29) is 0 Å². The van der Waals surface area contributed by atoms with E-state index >= 15 is 0 Å². The van der Waals surface area contributed by atoms with Gasteiger partial charge >= 0.3 is 0 Å². The molecule has 5 nitrogen and oxygen atoms in total. The number of anilines is 2. The summed E-state index contributed by atoms with van der Waals surface area (Å²) in [6.45, 7) is 3.85. The summed E-state index contributed by atoms with van der Waals surface area (Å²) in [6.07, 6.45) is 9.13. The number of hydrogen-bond acceptors (Lipinski definition) is 5. The van der Waals surface area contributed by atoms with Gasteiger partial charge in [-0.15, -0.1) is 0 Å². The summed E-state index contributed by atoms with van der Waals surface area (Å²) in [4.78, 5) is 12.7. The van der Waals surface area contributed by atoms with Gasteiger partial charge < -0.3 is 10.6 Å². The monoisotopic (exact) mass is 257 g/mol. The normalized spacial score (nSPS) is 10.2. The van der Waals surface area contributed by atoms with Crippen LogP contribution in [0.15, 0.2) is 36.9 Å². The van der Waals surface area contributed by atoms with Crippen molar-refractivity contribution in [2.24, 2.45) is 0 Å². The first-order valence-corrected chi connectivity index (χ1v) is 6.57. The van der Waals surface area contributed by atoms with Crippen molar-refractivity contribution in [3.63, 3.8) is 0 Å². The maximum absolute atomic E-state index is 4.44. The average Bonchev–Trinajstić information content (AvgIpc) is 2.47. The van der Waals surface area contributed by atoms with Gasteiger partial charge in [-0.05, 0) is 24.5 Å². The highest BCUT2D eigenvalue weighted by atomic mass is 15.1. The van der Waals surface area contributed by atoms with E-state index in [9.17, 15) is 0 Å². The Morgan fingerprint density at radius 2 is 1.79 bits per heavy atom. The van der Waals surface area contributed by atoms with Gasteiger partial charge in [-0.2, -0.15) is 0 Å². The number of hydrogen-bond donors (Lipinski definition) is 2. The van der Waals surface area contributed by atoms with Crippen LogP contribution in [0.5, 0.6) is 0 Å². The van der Waals surface area contributed by atoms with E-state index in [0.717, 1.165) is 37.6 Å². The molecule has 0 bridgehead atoms. The van der Waals surface area contributed by atoms with Gasteiger partial charge in [0.05, 0.1) is 12.4 Å². The summed E-state index contributed by atoms with van der Waals surface area (Å²) in [5, 5.41) is 6.49. The molecular weight excluding hydrogens is 238 g/mol. The first-order chi connectivity index (χ1) is 9.38. The molecule has 2 aromatic heterocycles. The number of nitrogens with zero attached hydrogens (tertiary/aromatic N) is 3.